The van der Waals surface area contributed by atoms with Gasteiger partial charge in [-0.05, 0) is 25.3 Å². The normalized spacial score (nSPS) is 18.4. The molecule has 0 bridgehead atoms. The standard InChI is InChI=1S/C15H26N4O/c16-13-15(7-3-1-2-4-8-15)14(20)17-9-5-11-19-12-6-10-18-19/h6,10,12H,1-5,7-9,11,13,16H2,(H,17,20). The van der Waals surface area contributed by atoms with Crippen LogP contribution < -0.4 is 11.1 Å². The van der Waals surface area contributed by atoms with E-state index in [4.69, 9.17) is 5.73 Å². The summed E-state index contributed by atoms with van der Waals surface area (Å²) < 4.78 is 1.89. The molecule has 0 unspecified atom stereocenters. The van der Waals surface area contributed by atoms with E-state index in [2.05, 4.69) is 10.4 Å². The Balaban J connectivity index is 1.77. The molecule has 1 heterocycles. The molecule has 1 aliphatic carbocycles. The number of rotatable bonds is 6. The number of carbonyl (C=O) groups is 1. The largest absolute Gasteiger partial charge is 0.356 e. The lowest BCUT2D eigenvalue weighted by Crippen LogP contribution is -2.46. The Labute approximate surface area is 120 Å². The minimum Gasteiger partial charge on any atom is -0.356 e. The second-order valence-electron chi connectivity index (χ2n) is 5.78. The van der Waals surface area contributed by atoms with Crippen molar-refractivity contribution in [2.24, 2.45) is 11.1 Å². The van der Waals surface area contributed by atoms with Gasteiger partial charge >= 0.3 is 0 Å². The molecule has 1 amide bonds. The number of nitrogens with zero attached hydrogens (tertiary/aromatic N) is 2. The molecule has 1 aromatic heterocycles. The molecule has 2 rings (SSSR count). The molecule has 3 N–H and O–H groups in total. The van der Waals surface area contributed by atoms with Crippen molar-refractivity contribution in [1.29, 1.82) is 0 Å². The zero-order chi connectivity index (χ0) is 14.3. The average molecular weight is 278 g/mol. The summed E-state index contributed by atoms with van der Waals surface area (Å²) >= 11 is 0. The Morgan fingerprint density at radius 1 is 1.30 bits per heavy atom. The molecule has 5 nitrogen and oxygen atoms in total. The van der Waals surface area contributed by atoms with Gasteiger partial charge in [0.15, 0.2) is 0 Å². The van der Waals surface area contributed by atoms with Crippen LogP contribution in [0.15, 0.2) is 18.5 Å². The SMILES string of the molecule is NCC1(C(=O)NCCCn2cccn2)CCCCCC1. The second-order valence-corrected chi connectivity index (χ2v) is 5.78. The number of aryl methyl sites for hydroxylation is 1. The zero-order valence-corrected chi connectivity index (χ0v) is 12.2. The van der Waals surface area contributed by atoms with Crippen LogP contribution >= 0.6 is 0 Å². The predicted molar refractivity (Wildman–Crippen MR) is 79.0 cm³/mol. The van der Waals surface area contributed by atoms with Crippen LogP contribution in [0.25, 0.3) is 0 Å². The molecule has 1 saturated carbocycles. The molecule has 0 aliphatic heterocycles. The summed E-state index contributed by atoms with van der Waals surface area (Å²) in [5, 5.41) is 7.22. The molecule has 0 aromatic carbocycles. The number of nitrogens with two attached hydrogens (primary N) is 1. The number of hydrogen-bond donors (Lipinski definition) is 2. The van der Waals surface area contributed by atoms with Crippen LogP contribution in [-0.2, 0) is 11.3 Å². The highest BCUT2D eigenvalue weighted by Crippen LogP contribution is 2.34. The van der Waals surface area contributed by atoms with E-state index in [9.17, 15) is 4.79 Å². The molecule has 0 saturated heterocycles. The predicted octanol–water partition coefficient (Wildman–Crippen LogP) is 1.69. The minimum absolute atomic E-state index is 0.155. The highest BCUT2D eigenvalue weighted by Gasteiger charge is 2.36. The van der Waals surface area contributed by atoms with Gasteiger partial charge in [0, 0.05) is 32.0 Å². The minimum atomic E-state index is -0.317. The van der Waals surface area contributed by atoms with Gasteiger partial charge in [0.05, 0.1) is 5.41 Å². The molecule has 1 aromatic rings. The van der Waals surface area contributed by atoms with Crippen molar-refractivity contribution in [2.75, 3.05) is 13.1 Å². The van der Waals surface area contributed by atoms with Gasteiger partial charge in [-0.25, -0.2) is 0 Å². The molecule has 5 heteroatoms. The Morgan fingerprint density at radius 2 is 2.05 bits per heavy atom. The summed E-state index contributed by atoms with van der Waals surface area (Å²) in [6.07, 6.45) is 11.2. The fraction of sp³-hybridized carbons (Fsp3) is 0.733. The lowest BCUT2D eigenvalue weighted by molar-refractivity contribution is -0.131. The Morgan fingerprint density at radius 3 is 2.65 bits per heavy atom. The van der Waals surface area contributed by atoms with Gasteiger partial charge in [0.1, 0.15) is 0 Å². The lowest BCUT2D eigenvalue weighted by atomic mass is 9.79. The first kappa shape index (κ1) is 15.0. The van der Waals surface area contributed by atoms with Crippen molar-refractivity contribution >= 4 is 5.91 Å². The smallest absolute Gasteiger partial charge is 0.227 e. The van der Waals surface area contributed by atoms with Crippen LogP contribution in [0.5, 0.6) is 0 Å². The van der Waals surface area contributed by atoms with Gasteiger partial charge in [-0.2, -0.15) is 5.10 Å². The fourth-order valence-electron chi connectivity index (χ4n) is 2.99. The molecule has 0 radical (unpaired) electrons. The van der Waals surface area contributed by atoms with Crippen molar-refractivity contribution in [1.82, 2.24) is 15.1 Å². The van der Waals surface area contributed by atoms with E-state index >= 15 is 0 Å². The zero-order valence-electron chi connectivity index (χ0n) is 12.2. The third-order valence-electron chi connectivity index (χ3n) is 4.34. The van der Waals surface area contributed by atoms with Crippen molar-refractivity contribution < 1.29 is 4.79 Å². The van der Waals surface area contributed by atoms with Crippen LogP contribution in [0.2, 0.25) is 0 Å². The van der Waals surface area contributed by atoms with E-state index < -0.39 is 0 Å². The number of nitrogens with one attached hydrogen (secondary N) is 1. The van der Waals surface area contributed by atoms with Gasteiger partial charge in [-0.15, -0.1) is 0 Å². The summed E-state index contributed by atoms with van der Waals surface area (Å²) in [5.74, 6) is 0.155. The molecule has 0 atom stereocenters. The summed E-state index contributed by atoms with van der Waals surface area (Å²) in [5.41, 5.74) is 5.60. The van der Waals surface area contributed by atoms with E-state index in [0.717, 1.165) is 38.6 Å². The maximum Gasteiger partial charge on any atom is 0.227 e. The fourth-order valence-corrected chi connectivity index (χ4v) is 2.99. The van der Waals surface area contributed by atoms with Crippen LogP contribution in [0, 0.1) is 5.41 Å². The molecule has 20 heavy (non-hydrogen) atoms. The van der Waals surface area contributed by atoms with E-state index in [1.165, 1.54) is 12.8 Å². The summed E-state index contributed by atoms with van der Waals surface area (Å²) in [6.45, 7) is 2.00. The molecule has 1 aliphatic rings. The van der Waals surface area contributed by atoms with Gasteiger partial charge in [0.25, 0.3) is 0 Å². The van der Waals surface area contributed by atoms with Crippen molar-refractivity contribution in [3.8, 4) is 0 Å². The Hall–Kier alpha value is -1.36. The molecular weight excluding hydrogens is 252 g/mol. The van der Waals surface area contributed by atoms with Crippen molar-refractivity contribution in [2.45, 2.75) is 51.5 Å². The number of carbonyl (C=O) groups excluding carboxylic acids is 1. The van der Waals surface area contributed by atoms with Gasteiger partial charge in [0.2, 0.25) is 5.91 Å². The van der Waals surface area contributed by atoms with Gasteiger partial charge in [-0.1, -0.05) is 25.7 Å². The molecule has 112 valence electrons. The van der Waals surface area contributed by atoms with E-state index in [-0.39, 0.29) is 11.3 Å². The third-order valence-corrected chi connectivity index (χ3v) is 4.34. The van der Waals surface area contributed by atoms with Crippen molar-refractivity contribution in [3.63, 3.8) is 0 Å². The molecule has 0 spiro atoms. The maximum absolute atomic E-state index is 12.5. The summed E-state index contributed by atoms with van der Waals surface area (Å²) in [4.78, 5) is 12.5. The Kier molecular flexibility index (Phi) is 5.59. The first-order valence-electron chi connectivity index (χ1n) is 7.73. The third kappa shape index (κ3) is 3.82. The first-order valence-corrected chi connectivity index (χ1v) is 7.73. The lowest BCUT2D eigenvalue weighted by Gasteiger charge is -2.29. The highest BCUT2D eigenvalue weighted by molar-refractivity contribution is 5.82. The van der Waals surface area contributed by atoms with Gasteiger partial charge < -0.3 is 11.1 Å². The van der Waals surface area contributed by atoms with E-state index in [1.54, 1.807) is 6.20 Å². The quantitative estimate of drug-likeness (QED) is 0.614. The summed E-state index contributed by atoms with van der Waals surface area (Å²) in [6, 6.07) is 1.91. The first-order chi connectivity index (χ1) is 9.77. The van der Waals surface area contributed by atoms with Crippen LogP contribution in [0.3, 0.4) is 0 Å². The highest BCUT2D eigenvalue weighted by atomic mass is 16.2. The topological polar surface area (TPSA) is 72.9 Å². The maximum atomic E-state index is 12.5. The Bertz CT molecular complexity index is 394. The van der Waals surface area contributed by atoms with Crippen LogP contribution in [0.1, 0.15) is 44.9 Å². The van der Waals surface area contributed by atoms with Crippen LogP contribution in [-0.4, -0.2) is 28.8 Å². The van der Waals surface area contributed by atoms with E-state index in [1.807, 2.05) is 16.9 Å². The summed E-state index contributed by atoms with van der Waals surface area (Å²) in [7, 11) is 0. The average Bonchev–Trinajstić information content (AvgIpc) is 2.86. The van der Waals surface area contributed by atoms with Crippen LogP contribution in [0.4, 0.5) is 0 Å². The monoisotopic (exact) mass is 278 g/mol. The number of amides is 1. The number of aromatic nitrogens is 2. The van der Waals surface area contributed by atoms with E-state index in [0.29, 0.717) is 13.1 Å². The molecule has 1 fully saturated rings. The van der Waals surface area contributed by atoms with Crippen molar-refractivity contribution in [3.05, 3.63) is 18.5 Å². The second kappa shape index (κ2) is 7.43. The molecular formula is C15H26N4O. The van der Waals surface area contributed by atoms with Gasteiger partial charge in [-0.3, -0.25) is 9.48 Å². The number of hydrogen-bond acceptors (Lipinski definition) is 3.